The van der Waals surface area contributed by atoms with Crippen LogP contribution in [0.1, 0.15) is 18.4 Å². The van der Waals surface area contributed by atoms with E-state index in [4.69, 9.17) is 6.42 Å². The third-order valence-electron chi connectivity index (χ3n) is 2.20. The van der Waals surface area contributed by atoms with E-state index in [1.165, 1.54) is 0 Å². The molecule has 0 aromatic heterocycles. The molecule has 0 aliphatic heterocycles. The molecule has 1 aromatic rings. The van der Waals surface area contributed by atoms with Crippen LogP contribution < -0.4 is 4.46 Å². The zero-order chi connectivity index (χ0) is 12.1. The molecule has 0 aliphatic rings. The molecular formula is C13H15NOSe. The van der Waals surface area contributed by atoms with Gasteiger partial charge in [-0.2, -0.15) is 0 Å². The number of carbonyl (C=O) groups excluding carboxylic acids is 1. The van der Waals surface area contributed by atoms with E-state index in [2.05, 4.69) is 5.92 Å². The van der Waals surface area contributed by atoms with Crippen LogP contribution in [0.2, 0.25) is 0 Å². The van der Waals surface area contributed by atoms with Gasteiger partial charge in [0.25, 0.3) is 0 Å². The third-order valence-corrected chi connectivity index (χ3v) is 4.57. The van der Waals surface area contributed by atoms with Gasteiger partial charge < -0.3 is 0 Å². The minimum absolute atomic E-state index is 0.0630. The van der Waals surface area contributed by atoms with Crippen LogP contribution in [0.5, 0.6) is 0 Å². The molecule has 1 rings (SSSR count). The first kappa shape index (κ1) is 12.8. The van der Waals surface area contributed by atoms with Crippen molar-refractivity contribution in [3.63, 3.8) is 0 Å². The van der Waals surface area contributed by atoms with Crippen LogP contribution in [0.15, 0.2) is 24.3 Å². The zero-order valence-electron chi connectivity index (χ0n) is 9.73. The average molecular weight is 280 g/mol. The Morgan fingerprint density at radius 2 is 2.06 bits per heavy atom. The van der Waals surface area contributed by atoms with E-state index in [9.17, 15) is 4.79 Å². The number of terminal acetylenes is 1. The Bertz CT molecular complexity index is 420. The molecular weight excluding hydrogens is 265 g/mol. The van der Waals surface area contributed by atoms with E-state index in [1.54, 1.807) is 19.0 Å². The standard InChI is InChI=1S/C13H15NOSe/c1-5-10(2)11-8-6-7-9-12(11)16-13(15)14(3)4/h1,6-10H,2-4H3. The number of carbonyl (C=O) groups is 1. The van der Waals surface area contributed by atoms with Gasteiger partial charge in [0.1, 0.15) is 0 Å². The van der Waals surface area contributed by atoms with E-state index in [0.29, 0.717) is 0 Å². The molecule has 0 aliphatic carbocycles. The average Bonchev–Trinajstić information content (AvgIpc) is 2.28. The van der Waals surface area contributed by atoms with E-state index >= 15 is 0 Å². The van der Waals surface area contributed by atoms with Gasteiger partial charge in [0.05, 0.1) is 0 Å². The third kappa shape index (κ3) is 3.13. The number of benzene rings is 1. The molecule has 0 saturated carbocycles. The number of hydrogen-bond acceptors (Lipinski definition) is 1. The molecule has 0 saturated heterocycles. The van der Waals surface area contributed by atoms with Gasteiger partial charge in [0, 0.05) is 0 Å². The summed E-state index contributed by atoms with van der Waals surface area (Å²) in [5.41, 5.74) is 1.10. The predicted molar refractivity (Wildman–Crippen MR) is 68.2 cm³/mol. The van der Waals surface area contributed by atoms with Crippen LogP contribution in [0.4, 0.5) is 4.79 Å². The van der Waals surface area contributed by atoms with Gasteiger partial charge in [0.15, 0.2) is 0 Å². The van der Waals surface area contributed by atoms with E-state index < -0.39 is 0 Å². The molecule has 84 valence electrons. The summed E-state index contributed by atoms with van der Waals surface area (Å²) in [6.45, 7) is 1.98. The Balaban J connectivity index is 2.96. The summed E-state index contributed by atoms with van der Waals surface area (Å²) in [6.07, 6.45) is 5.43. The van der Waals surface area contributed by atoms with Crippen LogP contribution >= 0.6 is 0 Å². The molecule has 1 atom stereocenters. The van der Waals surface area contributed by atoms with E-state index in [0.717, 1.165) is 10.0 Å². The Morgan fingerprint density at radius 1 is 1.44 bits per heavy atom. The van der Waals surface area contributed by atoms with Crippen molar-refractivity contribution in [3.8, 4) is 12.3 Å². The van der Waals surface area contributed by atoms with Crippen molar-refractivity contribution in [1.82, 2.24) is 4.90 Å². The Labute approximate surface area is 103 Å². The van der Waals surface area contributed by atoms with Crippen molar-refractivity contribution < 1.29 is 4.79 Å². The molecule has 1 unspecified atom stereocenters. The van der Waals surface area contributed by atoms with Gasteiger partial charge in [0.2, 0.25) is 0 Å². The molecule has 1 amide bonds. The van der Waals surface area contributed by atoms with Gasteiger partial charge in [-0.3, -0.25) is 0 Å². The molecule has 2 nitrogen and oxygen atoms in total. The maximum absolute atomic E-state index is 11.7. The first-order chi connectivity index (χ1) is 7.56. The molecule has 0 fully saturated rings. The topological polar surface area (TPSA) is 20.3 Å². The Kier molecular flexibility index (Phi) is 4.61. The summed E-state index contributed by atoms with van der Waals surface area (Å²) < 4.78 is 1.08. The molecule has 1 aromatic carbocycles. The monoisotopic (exact) mass is 281 g/mol. The fraction of sp³-hybridized carbons (Fsp3) is 0.308. The molecule has 0 spiro atoms. The van der Waals surface area contributed by atoms with Gasteiger partial charge in [-0.1, -0.05) is 0 Å². The molecule has 0 N–H and O–H groups in total. The maximum atomic E-state index is 11.7. The van der Waals surface area contributed by atoms with Crippen LogP contribution in [-0.4, -0.2) is 38.8 Å². The fourth-order valence-electron chi connectivity index (χ4n) is 1.21. The van der Waals surface area contributed by atoms with Crippen molar-refractivity contribution in [2.24, 2.45) is 0 Å². The second-order valence-electron chi connectivity index (χ2n) is 3.69. The summed E-state index contributed by atoms with van der Waals surface area (Å²) in [5.74, 6) is 2.77. The number of amides is 1. The number of hydrogen-bond donors (Lipinski definition) is 0. The molecule has 0 radical (unpaired) electrons. The minimum atomic E-state index is -0.189. The van der Waals surface area contributed by atoms with Crippen LogP contribution in [0.25, 0.3) is 0 Å². The first-order valence-corrected chi connectivity index (χ1v) is 6.71. The Morgan fingerprint density at radius 3 is 2.62 bits per heavy atom. The van der Waals surface area contributed by atoms with E-state index in [1.807, 2.05) is 31.2 Å². The van der Waals surface area contributed by atoms with E-state index in [-0.39, 0.29) is 25.7 Å². The van der Waals surface area contributed by atoms with Crippen molar-refractivity contribution in [2.75, 3.05) is 14.1 Å². The summed E-state index contributed by atoms with van der Waals surface area (Å²) >= 11 is -0.189. The van der Waals surface area contributed by atoms with Crippen LogP contribution in [0, 0.1) is 12.3 Å². The normalized spacial score (nSPS) is 11.6. The SMILES string of the molecule is C#CC(C)c1ccccc1[Se]C(=O)N(C)C. The summed E-state index contributed by atoms with van der Waals surface area (Å²) in [4.78, 5) is 13.5. The summed E-state index contributed by atoms with van der Waals surface area (Å²) in [5, 5.41) is 0. The van der Waals surface area contributed by atoms with Crippen LogP contribution in [-0.2, 0) is 0 Å². The fourth-order valence-corrected chi connectivity index (χ4v) is 3.05. The summed E-state index contributed by atoms with van der Waals surface area (Å²) in [7, 11) is 3.55. The molecule has 0 heterocycles. The van der Waals surface area contributed by atoms with Crippen molar-refractivity contribution in [1.29, 1.82) is 0 Å². The van der Waals surface area contributed by atoms with Crippen molar-refractivity contribution >= 4 is 24.2 Å². The molecule has 16 heavy (non-hydrogen) atoms. The zero-order valence-corrected chi connectivity index (χ0v) is 11.4. The first-order valence-electron chi connectivity index (χ1n) is 5.00. The van der Waals surface area contributed by atoms with Crippen molar-refractivity contribution in [3.05, 3.63) is 29.8 Å². The molecule has 3 heteroatoms. The second-order valence-corrected chi connectivity index (χ2v) is 5.77. The van der Waals surface area contributed by atoms with Gasteiger partial charge >= 0.3 is 103 Å². The summed E-state index contributed by atoms with van der Waals surface area (Å²) in [6, 6.07) is 7.91. The quantitative estimate of drug-likeness (QED) is 0.606. The predicted octanol–water partition coefficient (Wildman–Crippen LogP) is 1.43. The van der Waals surface area contributed by atoms with Crippen LogP contribution in [0.3, 0.4) is 0 Å². The second kappa shape index (κ2) is 5.74. The number of nitrogens with zero attached hydrogens (tertiary/aromatic N) is 1. The van der Waals surface area contributed by atoms with Gasteiger partial charge in [-0.25, -0.2) is 0 Å². The van der Waals surface area contributed by atoms with Gasteiger partial charge in [-0.05, 0) is 0 Å². The number of rotatable bonds is 3. The Hall–Kier alpha value is -1.23. The van der Waals surface area contributed by atoms with Gasteiger partial charge in [-0.15, -0.1) is 0 Å². The molecule has 0 bridgehead atoms. The van der Waals surface area contributed by atoms with Crippen molar-refractivity contribution in [2.45, 2.75) is 12.8 Å².